The van der Waals surface area contributed by atoms with Crippen molar-refractivity contribution < 1.29 is 13.2 Å². The Morgan fingerprint density at radius 2 is 1.50 bits per heavy atom. The number of anilines is 1. The largest absolute Gasteiger partial charge is 0.352 e. The van der Waals surface area contributed by atoms with E-state index in [9.17, 15) is 13.2 Å². The highest BCUT2D eigenvalue weighted by atomic mass is 35.5. The molecule has 0 aliphatic carbocycles. The van der Waals surface area contributed by atoms with Gasteiger partial charge in [0.05, 0.1) is 4.90 Å². The molecule has 1 amide bonds. The molecular formula is C21H19ClN2O3S. The maximum atomic E-state index is 12.3. The molecule has 3 aromatic rings. The zero-order valence-electron chi connectivity index (χ0n) is 14.9. The minimum Gasteiger partial charge on any atom is -0.352 e. The number of carbonyl (C=O) groups excluding carboxylic acids is 1. The van der Waals surface area contributed by atoms with Crippen LogP contribution in [-0.2, 0) is 16.4 Å². The van der Waals surface area contributed by atoms with Crippen LogP contribution in [0.3, 0.4) is 0 Å². The predicted octanol–water partition coefficient (Wildman–Crippen LogP) is 4.11. The summed E-state index contributed by atoms with van der Waals surface area (Å²) in [6, 6.07) is 21.9. The minimum absolute atomic E-state index is 0.180. The third-order valence-corrected chi connectivity index (χ3v) is 5.71. The van der Waals surface area contributed by atoms with Crippen molar-refractivity contribution in [2.45, 2.75) is 11.3 Å². The molecule has 0 fully saturated rings. The van der Waals surface area contributed by atoms with Crippen molar-refractivity contribution in [1.82, 2.24) is 5.32 Å². The second kappa shape index (κ2) is 8.91. The zero-order chi connectivity index (χ0) is 20.0. The summed E-state index contributed by atoms with van der Waals surface area (Å²) < 4.78 is 27.1. The first-order chi connectivity index (χ1) is 13.4. The summed E-state index contributed by atoms with van der Waals surface area (Å²) in [4.78, 5) is 12.4. The van der Waals surface area contributed by atoms with Crippen molar-refractivity contribution in [2.24, 2.45) is 0 Å². The molecule has 0 radical (unpaired) electrons. The number of carbonyl (C=O) groups is 1. The molecule has 3 aromatic carbocycles. The van der Waals surface area contributed by atoms with Crippen LogP contribution in [-0.4, -0.2) is 20.9 Å². The molecule has 0 heterocycles. The summed E-state index contributed by atoms with van der Waals surface area (Å²) in [5, 5.41) is 3.52. The van der Waals surface area contributed by atoms with Gasteiger partial charge in [0.2, 0.25) is 0 Å². The maximum Gasteiger partial charge on any atom is 0.261 e. The first-order valence-corrected chi connectivity index (χ1v) is 10.5. The Morgan fingerprint density at radius 1 is 0.857 bits per heavy atom. The molecular weight excluding hydrogens is 396 g/mol. The van der Waals surface area contributed by atoms with Crippen LogP contribution in [0.15, 0.2) is 83.8 Å². The number of amides is 1. The van der Waals surface area contributed by atoms with Gasteiger partial charge in [-0.25, -0.2) is 8.42 Å². The van der Waals surface area contributed by atoms with Gasteiger partial charge in [0.15, 0.2) is 0 Å². The third kappa shape index (κ3) is 5.34. The van der Waals surface area contributed by atoms with E-state index in [1.54, 1.807) is 42.5 Å². The average molecular weight is 415 g/mol. The van der Waals surface area contributed by atoms with E-state index in [4.69, 9.17) is 11.6 Å². The molecule has 0 spiro atoms. The Balaban J connectivity index is 1.56. The predicted molar refractivity (Wildman–Crippen MR) is 111 cm³/mol. The molecule has 28 heavy (non-hydrogen) atoms. The number of rotatable bonds is 7. The van der Waals surface area contributed by atoms with Crippen molar-refractivity contribution in [3.8, 4) is 0 Å². The number of benzene rings is 3. The van der Waals surface area contributed by atoms with E-state index in [0.717, 1.165) is 5.56 Å². The second-order valence-electron chi connectivity index (χ2n) is 6.13. The van der Waals surface area contributed by atoms with E-state index < -0.39 is 10.0 Å². The zero-order valence-corrected chi connectivity index (χ0v) is 16.5. The number of halogens is 1. The van der Waals surface area contributed by atoms with E-state index in [0.29, 0.717) is 29.2 Å². The number of nitrogens with one attached hydrogen (secondary N) is 2. The lowest BCUT2D eigenvalue weighted by Crippen LogP contribution is -2.25. The fourth-order valence-electron chi connectivity index (χ4n) is 2.58. The first-order valence-electron chi connectivity index (χ1n) is 8.65. The van der Waals surface area contributed by atoms with E-state index in [1.807, 2.05) is 24.3 Å². The molecule has 144 valence electrons. The summed E-state index contributed by atoms with van der Waals surface area (Å²) in [6.45, 7) is 0.489. The summed E-state index contributed by atoms with van der Waals surface area (Å²) in [7, 11) is -3.65. The van der Waals surface area contributed by atoms with Crippen molar-refractivity contribution >= 4 is 33.2 Å². The molecule has 0 atom stereocenters. The lowest BCUT2D eigenvalue weighted by atomic mass is 10.1. The number of hydrogen-bond acceptors (Lipinski definition) is 3. The van der Waals surface area contributed by atoms with Crippen LogP contribution >= 0.6 is 11.6 Å². The van der Waals surface area contributed by atoms with Gasteiger partial charge in [-0.1, -0.05) is 41.9 Å². The van der Waals surface area contributed by atoms with Crippen LogP contribution in [0.5, 0.6) is 0 Å². The fourth-order valence-corrected chi connectivity index (χ4v) is 3.78. The number of sulfonamides is 1. The van der Waals surface area contributed by atoms with Crippen molar-refractivity contribution in [2.75, 3.05) is 11.3 Å². The fraction of sp³-hybridized carbons (Fsp3) is 0.0952. The topological polar surface area (TPSA) is 75.3 Å². The maximum absolute atomic E-state index is 12.3. The third-order valence-electron chi connectivity index (χ3n) is 4.07. The molecule has 7 heteroatoms. The quantitative estimate of drug-likeness (QED) is 0.610. The van der Waals surface area contributed by atoms with Crippen molar-refractivity contribution in [1.29, 1.82) is 0 Å². The Labute approximate surface area is 169 Å². The summed E-state index contributed by atoms with van der Waals surface area (Å²) in [6.07, 6.45) is 0.692. The second-order valence-corrected chi connectivity index (χ2v) is 8.25. The highest BCUT2D eigenvalue weighted by molar-refractivity contribution is 7.92. The summed E-state index contributed by atoms with van der Waals surface area (Å²) in [5.41, 5.74) is 1.93. The molecule has 0 unspecified atom stereocenters. The lowest BCUT2D eigenvalue weighted by Gasteiger charge is -2.09. The van der Waals surface area contributed by atoms with Crippen molar-refractivity contribution in [3.63, 3.8) is 0 Å². The molecule has 0 saturated heterocycles. The van der Waals surface area contributed by atoms with Crippen LogP contribution in [0.2, 0.25) is 5.02 Å². The molecule has 0 aromatic heterocycles. The summed E-state index contributed by atoms with van der Waals surface area (Å²) in [5.74, 6) is -0.216. The highest BCUT2D eigenvalue weighted by Gasteiger charge is 2.13. The van der Waals surface area contributed by atoms with Crippen LogP contribution in [0.1, 0.15) is 15.9 Å². The van der Waals surface area contributed by atoms with Gasteiger partial charge in [-0.15, -0.1) is 0 Å². The molecule has 0 aliphatic rings. The average Bonchev–Trinajstić information content (AvgIpc) is 2.70. The van der Waals surface area contributed by atoms with Gasteiger partial charge in [0.25, 0.3) is 15.9 Å². The Hall–Kier alpha value is -2.83. The van der Waals surface area contributed by atoms with Crippen molar-refractivity contribution in [3.05, 3.63) is 95.0 Å². The molecule has 2 N–H and O–H groups in total. The SMILES string of the molecule is O=C(NCCc1ccc(Cl)cc1)c1ccc(NS(=O)(=O)c2ccccc2)cc1. The Morgan fingerprint density at radius 3 is 2.14 bits per heavy atom. The van der Waals surface area contributed by atoms with Gasteiger partial charge in [-0.05, 0) is 60.5 Å². The molecule has 0 bridgehead atoms. The molecule has 0 saturated carbocycles. The lowest BCUT2D eigenvalue weighted by molar-refractivity contribution is 0.0954. The standard InChI is InChI=1S/C21H19ClN2O3S/c22-18-10-6-16(7-11-18)14-15-23-21(25)17-8-12-19(13-9-17)24-28(26,27)20-4-2-1-3-5-20/h1-13,24H,14-15H2,(H,23,25). The van der Waals surface area contributed by atoms with Crippen LogP contribution < -0.4 is 10.0 Å². The van der Waals surface area contributed by atoms with Crippen LogP contribution in [0.25, 0.3) is 0 Å². The van der Waals surface area contributed by atoms with Crippen LogP contribution in [0, 0.1) is 0 Å². The van der Waals surface area contributed by atoms with E-state index >= 15 is 0 Å². The normalized spacial score (nSPS) is 11.0. The van der Waals surface area contributed by atoms with Gasteiger partial charge >= 0.3 is 0 Å². The van der Waals surface area contributed by atoms with E-state index in [2.05, 4.69) is 10.0 Å². The first kappa shape index (κ1) is 19.9. The molecule has 3 rings (SSSR count). The highest BCUT2D eigenvalue weighted by Crippen LogP contribution is 2.16. The van der Waals surface area contributed by atoms with Gasteiger partial charge in [-0.2, -0.15) is 0 Å². The van der Waals surface area contributed by atoms with E-state index in [1.165, 1.54) is 12.1 Å². The Kier molecular flexibility index (Phi) is 6.34. The van der Waals surface area contributed by atoms with Gasteiger partial charge in [0, 0.05) is 22.8 Å². The molecule has 5 nitrogen and oxygen atoms in total. The van der Waals surface area contributed by atoms with Gasteiger partial charge in [0.1, 0.15) is 0 Å². The Bertz CT molecular complexity index is 1040. The number of hydrogen-bond donors (Lipinski definition) is 2. The smallest absolute Gasteiger partial charge is 0.261 e. The van der Waals surface area contributed by atoms with E-state index in [-0.39, 0.29) is 10.8 Å². The van der Waals surface area contributed by atoms with Gasteiger partial charge in [-0.3, -0.25) is 9.52 Å². The van der Waals surface area contributed by atoms with Gasteiger partial charge < -0.3 is 5.32 Å². The summed E-state index contributed by atoms with van der Waals surface area (Å²) >= 11 is 5.85. The molecule has 0 aliphatic heterocycles. The minimum atomic E-state index is -3.65. The monoisotopic (exact) mass is 414 g/mol. The van der Waals surface area contributed by atoms with Crippen LogP contribution in [0.4, 0.5) is 5.69 Å².